The maximum atomic E-state index is 11.4. The Morgan fingerprint density at radius 3 is 2.40 bits per heavy atom. The van der Waals surface area contributed by atoms with Crippen LogP contribution >= 0.6 is 0 Å². The second-order valence-corrected chi connectivity index (χ2v) is 4.90. The summed E-state index contributed by atoms with van der Waals surface area (Å²) in [5.74, 6) is -1.92. The zero-order valence-electron chi connectivity index (χ0n) is 9.66. The molecule has 0 radical (unpaired) electrons. The third-order valence-corrected chi connectivity index (χ3v) is 2.51. The Morgan fingerprint density at radius 2 is 2.07 bits per heavy atom. The Bertz CT molecular complexity index is 275. The van der Waals surface area contributed by atoms with E-state index in [1.807, 2.05) is 13.8 Å². The van der Waals surface area contributed by atoms with Crippen LogP contribution in [0.25, 0.3) is 0 Å². The number of hydrogen-bond donors (Lipinski definition) is 1. The summed E-state index contributed by atoms with van der Waals surface area (Å²) in [6, 6.07) is 0. The molecule has 0 amide bonds. The molecule has 0 saturated carbocycles. The highest BCUT2D eigenvalue weighted by Crippen LogP contribution is 2.39. The van der Waals surface area contributed by atoms with Crippen LogP contribution in [0, 0.1) is 5.41 Å². The van der Waals surface area contributed by atoms with Gasteiger partial charge in [-0.1, -0.05) is 20.4 Å². The second-order valence-electron chi connectivity index (χ2n) is 4.90. The van der Waals surface area contributed by atoms with E-state index in [-0.39, 0.29) is 0 Å². The molecule has 2 atom stereocenters. The highest BCUT2D eigenvalue weighted by atomic mass is 16.7. The maximum Gasteiger partial charge on any atom is 0.333 e. The van der Waals surface area contributed by atoms with Crippen molar-refractivity contribution < 1.29 is 19.4 Å². The summed E-state index contributed by atoms with van der Waals surface area (Å²) in [5, 5.41) is 9.89. The second kappa shape index (κ2) is 3.61. The van der Waals surface area contributed by atoms with Crippen molar-refractivity contribution in [3.63, 3.8) is 0 Å². The lowest BCUT2D eigenvalue weighted by Gasteiger charge is -2.30. The molecular formula is C11H18O4. The molecule has 4 heteroatoms. The zero-order valence-corrected chi connectivity index (χ0v) is 9.66. The summed E-state index contributed by atoms with van der Waals surface area (Å²) in [6.07, 6.45) is -0.672. The third kappa shape index (κ3) is 2.38. The smallest absolute Gasteiger partial charge is 0.333 e. The fourth-order valence-corrected chi connectivity index (χ4v) is 1.68. The molecule has 0 spiro atoms. The minimum absolute atomic E-state index is 0.313. The van der Waals surface area contributed by atoms with Gasteiger partial charge in [0.25, 0.3) is 0 Å². The quantitative estimate of drug-likeness (QED) is 0.555. The van der Waals surface area contributed by atoms with E-state index in [0.717, 1.165) is 0 Å². The van der Waals surface area contributed by atoms with Gasteiger partial charge in [-0.25, -0.2) is 4.79 Å². The van der Waals surface area contributed by atoms with Crippen LogP contribution in [0.4, 0.5) is 0 Å². The van der Waals surface area contributed by atoms with Crippen molar-refractivity contribution in [3.05, 3.63) is 12.2 Å². The Kier molecular flexibility index (Phi) is 2.94. The molecule has 86 valence electrons. The van der Waals surface area contributed by atoms with Gasteiger partial charge in [-0.05, 0) is 13.8 Å². The first-order chi connectivity index (χ1) is 6.67. The highest BCUT2D eigenvalue weighted by molar-refractivity contribution is 5.87. The predicted octanol–water partition coefficient (Wildman–Crippen LogP) is 1.24. The molecule has 2 unspecified atom stereocenters. The van der Waals surface area contributed by atoms with Crippen LogP contribution in [-0.4, -0.2) is 29.6 Å². The maximum absolute atomic E-state index is 11.4. The first-order valence-corrected chi connectivity index (χ1v) is 4.89. The van der Waals surface area contributed by atoms with Crippen molar-refractivity contribution in [3.8, 4) is 0 Å². The van der Waals surface area contributed by atoms with Crippen LogP contribution in [0.3, 0.4) is 0 Å². The Morgan fingerprint density at radius 1 is 1.53 bits per heavy atom. The van der Waals surface area contributed by atoms with Crippen molar-refractivity contribution in [2.24, 2.45) is 5.41 Å². The Labute approximate surface area is 89.9 Å². The van der Waals surface area contributed by atoms with Gasteiger partial charge in [0, 0.05) is 11.0 Å². The van der Waals surface area contributed by atoms with Crippen molar-refractivity contribution in [2.75, 3.05) is 6.61 Å². The summed E-state index contributed by atoms with van der Waals surface area (Å²) >= 11 is 0. The summed E-state index contributed by atoms with van der Waals surface area (Å²) in [7, 11) is 0. The van der Waals surface area contributed by atoms with Crippen molar-refractivity contribution in [1.82, 2.24) is 0 Å². The molecule has 1 fully saturated rings. The number of carbonyl (C=O) groups excluding carboxylic acids is 1. The van der Waals surface area contributed by atoms with Crippen molar-refractivity contribution in [1.29, 1.82) is 0 Å². The number of aliphatic hydroxyl groups is 1. The lowest BCUT2D eigenvalue weighted by Crippen LogP contribution is -2.45. The topological polar surface area (TPSA) is 55.8 Å². The van der Waals surface area contributed by atoms with Crippen LogP contribution in [0.2, 0.25) is 0 Å². The molecule has 0 bridgehead atoms. The van der Waals surface area contributed by atoms with E-state index >= 15 is 0 Å². The molecule has 1 N–H and O–H groups in total. The van der Waals surface area contributed by atoms with Crippen LogP contribution in [0.15, 0.2) is 12.2 Å². The van der Waals surface area contributed by atoms with Gasteiger partial charge < -0.3 is 14.6 Å². The van der Waals surface area contributed by atoms with Gasteiger partial charge in [0.2, 0.25) is 5.79 Å². The molecule has 1 saturated heterocycles. The number of ether oxygens (including phenoxy) is 2. The normalized spacial score (nSPS) is 33.8. The molecule has 0 aromatic carbocycles. The number of hydrogen-bond acceptors (Lipinski definition) is 4. The van der Waals surface area contributed by atoms with Gasteiger partial charge in [0.05, 0.1) is 6.61 Å². The molecule has 1 rings (SSSR count). The fraction of sp³-hybridized carbons (Fsp3) is 0.727. The SMILES string of the molecule is C=C(C)C(=O)OC1C(C)(C)COC1(C)O. The number of carbonyl (C=O) groups is 1. The molecule has 1 aliphatic heterocycles. The van der Waals surface area contributed by atoms with Crippen molar-refractivity contribution >= 4 is 5.97 Å². The van der Waals surface area contributed by atoms with E-state index in [2.05, 4.69) is 6.58 Å². The molecule has 0 aromatic rings. The molecule has 4 nitrogen and oxygen atoms in total. The predicted molar refractivity (Wildman–Crippen MR) is 55.1 cm³/mol. The lowest BCUT2D eigenvalue weighted by atomic mass is 9.86. The number of rotatable bonds is 2. The van der Waals surface area contributed by atoms with Gasteiger partial charge in [-0.15, -0.1) is 0 Å². The molecule has 1 aliphatic rings. The molecule has 0 aromatic heterocycles. The Hall–Kier alpha value is -0.870. The lowest BCUT2D eigenvalue weighted by molar-refractivity contribution is -0.215. The van der Waals surface area contributed by atoms with Crippen LogP contribution < -0.4 is 0 Å². The minimum Gasteiger partial charge on any atom is -0.453 e. The molecular weight excluding hydrogens is 196 g/mol. The van der Waals surface area contributed by atoms with Crippen molar-refractivity contribution in [2.45, 2.75) is 39.6 Å². The van der Waals surface area contributed by atoms with E-state index in [1.165, 1.54) is 6.92 Å². The van der Waals surface area contributed by atoms with E-state index in [0.29, 0.717) is 12.2 Å². The average Bonchev–Trinajstić information content (AvgIpc) is 2.28. The standard InChI is InChI=1S/C11H18O4/c1-7(2)8(12)15-9-10(3,4)6-14-11(9,5)13/h9,13H,1,6H2,2-5H3. The fourth-order valence-electron chi connectivity index (χ4n) is 1.68. The third-order valence-electron chi connectivity index (χ3n) is 2.51. The van der Waals surface area contributed by atoms with Gasteiger partial charge in [0.15, 0.2) is 6.10 Å². The zero-order chi connectivity index (χ0) is 11.9. The first kappa shape index (κ1) is 12.2. The van der Waals surface area contributed by atoms with Gasteiger partial charge >= 0.3 is 5.97 Å². The van der Waals surface area contributed by atoms with Gasteiger partial charge in [-0.3, -0.25) is 0 Å². The average molecular weight is 214 g/mol. The van der Waals surface area contributed by atoms with E-state index < -0.39 is 23.3 Å². The summed E-state index contributed by atoms with van der Waals surface area (Å²) in [6.45, 7) is 10.7. The van der Waals surface area contributed by atoms with E-state index in [4.69, 9.17) is 9.47 Å². The summed E-state index contributed by atoms with van der Waals surface area (Å²) in [4.78, 5) is 11.4. The number of esters is 1. The summed E-state index contributed by atoms with van der Waals surface area (Å²) < 4.78 is 10.4. The van der Waals surface area contributed by atoms with Gasteiger partial charge in [-0.2, -0.15) is 0 Å². The molecule has 15 heavy (non-hydrogen) atoms. The van der Waals surface area contributed by atoms with Crippen LogP contribution in [0.1, 0.15) is 27.7 Å². The summed E-state index contributed by atoms with van der Waals surface area (Å²) in [5.41, 5.74) is -0.0808. The van der Waals surface area contributed by atoms with E-state index in [1.54, 1.807) is 6.92 Å². The van der Waals surface area contributed by atoms with Gasteiger partial charge in [0.1, 0.15) is 0 Å². The van der Waals surface area contributed by atoms with Crippen LogP contribution in [0.5, 0.6) is 0 Å². The molecule has 1 heterocycles. The Balaban J connectivity index is 2.82. The largest absolute Gasteiger partial charge is 0.453 e. The highest BCUT2D eigenvalue weighted by Gasteiger charge is 2.53. The minimum atomic E-state index is -1.42. The first-order valence-electron chi connectivity index (χ1n) is 4.89. The van der Waals surface area contributed by atoms with E-state index in [9.17, 15) is 9.90 Å². The molecule has 0 aliphatic carbocycles. The monoisotopic (exact) mass is 214 g/mol. The van der Waals surface area contributed by atoms with Crippen LogP contribution in [-0.2, 0) is 14.3 Å².